The number of fused-ring (bicyclic) bond motifs is 1. The largest absolute Gasteiger partial charge is 0.506 e. The van der Waals surface area contributed by atoms with E-state index in [1.807, 2.05) is 24.4 Å². The van der Waals surface area contributed by atoms with Crippen molar-refractivity contribution in [2.24, 2.45) is 4.99 Å². The monoisotopic (exact) mass is 365 g/mol. The van der Waals surface area contributed by atoms with E-state index in [1.165, 1.54) is 32.0 Å². The van der Waals surface area contributed by atoms with Crippen LogP contribution in [0, 0.1) is 5.41 Å². The predicted molar refractivity (Wildman–Crippen MR) is 108 cm³/mol. The first-order chi connectivity index (χ1) is 13.0. The SMILES string of the molecule is C[N+]1(CCNc2nn3ccccc3c2/N=C2\C=CC(=N)C=C2O)CCCC1. The summed E-state index contributed by atoms with van der Waals surface area (Å²) in [4.78, 5) is 4.65. The van der Waals surface area contributed by atoms with Crippen molar-refractivity contribution in [3.63, 3.8) is 0 Å². The van der Waals surface area contributed by atoms with Crippen LogP contribution in [0.2, 0.25) is 0 Å². The number of hydrogen-bond acceptors (Lipinski definition) is 5. The quantitative estimate of drug-likeness (QED) is 0.562. The molecule has 2 aromatic rings. The van der Waals surface area contributed by atoms with Crippen LogP contribution >= 0.6 is 0 Å². The fraction of sp³-hybridized carbons (Fsp3) is 0.350. The summed E-state index contributed by atoms with van der Waals surface area (Å²) in [6.45, 7) is 4.33. The van der Waals surface area contributed by atoms with E-state index in [9.17, 15) is 5.11 Å². The third-order valence-corrected chi connectivity index (χ3v) is 5.31. The molecule has 0 amide bonds. The summed E-state index contributed by atoms with van der Waals surface area (Å²) < 4.78 is 2.89. The number of rotatable bonds is 5. The van der Waals surface area contributed by atoms with Gasteiger partial charge in [0.25, 0.3) is 0 Å². The van der Waals surface area contributed by atoms with Crippen molar-refractivity contribution in [2.45, 2.75) is 12.8 Å². The summed E-state index contributed by atoms with van der Waals surface area (Å²) in [7, 11) is 2.31. The Kier molecular flexibility index (Phi) is 4.53. The van der Waals surface area contributed by atoms with Gasteiger partial charge in [0.05, 0.1) is 44.5 Å². The van der Waals surface area contributed by atoms with Crippen molar-refractivity contribution in [3.8, 4) is 0 Å². The average molecular weight is 365 g/mol. The van der Waals surface area contributed by atoms with Crippen LogP contribution in [0.5, 0.6) is 0 Å². The molecule has 0 aromatic carbocycles. The summed E-state index contributed by atoms with van der Waals surface area (Å²) in [6, 6.07) is 5.83. The molecule has 4 rings (SSSR count). The van der Waals surface area contributed by atoms with Crippen LogP contribution in [0.1, 0.15) is 12.8 Å². The molecule has 1 aliphatic carbocycles. The first kappa shape index (κ1) is 17.5. The molecule has 0 radical (unpaired) electrons. The van der Waals surface area contributed by atoms with Crippen LogP contribution in [0.3, 0.4) is 0 Å². The Balaban J connectivity index is 1.62. The molecule has 1 fully saturated rings. The number of aromatic nitrogens is 2. The summed E-state index contributed by atoms with van der Waals surface area (Å²) in [5.41, 5.74) is 2.27. The number of aliphatic hydroxyl groups excluding tert-OH is 1. The molecule has 7 nitrogen and oxygen atoms in total. The van der Waals surface area contributed by atoms with Gasteiger partial charge in [-0.2, -0.15) is 0 Å². The van der Waals surface area contributed by atoms with Crippen LogP contribution < -0.4 is 5.32 Å². The van der Waals surface area contributed by atoms with E-state index in [0.29, 0.717) is 17.2 Å². The van der Waals surface area contributed by atoms with Crippen molar-refractivity contribution in [1.82, 2.24) is 9.61 Å². The molecule has 0 spiro atoms. The van der Waals surface area contributed by atoms with Gasteiger partial charge < -0.3 is 20.3 Å². The molecule has 1 aliphatic heterocycles. The third-order valence-electron chi connectivity index (χ3n) is 5.31. The highest BCUT2D eigenvalue weighted by Gasteiger charge is 2.26. The van der Waals surface area contributed by atoms with Gasteiger partial charge in [-0.3, -0.25) is 0 Å². The molecule has 7 heteroatoms. The summed E-state index contributed by atoms with van der Waals surface area (Å²) in [5.74, 6) is 0.709. The zero-order chi connectivity index (χ0) is 18.9. The second-order valence-corrected chi connectivity index (χ2v) is 7.47. The van der Waals surface area contributed by atoms with Crippen molar-refractivity contribution >= 4 is 28.4 Å². The number of aliphatic imine (C=N–C) groups is 1. The molecule has 0 bridgehead atoms. The minimum Gasteiger partial charge on any atom is -0.506 e. The topological polar surface area (TPSA) is 85.8 Å². The summed E-state index contributed by atoms with van der Waals surface area (Å²) >= 11 is 0. The molecule has 2 aromatic heterocycles. The number of quaternary nitrogens is 1. The Bertz CT molecular complexity index is 962. The Morgan fingerprint density at radius 3 is 2.89 bits per heavy atom. The number of anilines is 1. The van der Waals surface area contributed by atoms with E-state index in [2.05, 4.69) is 22.5 Å². The number of likely N-dealkylation sites (N-methyl/N-ethyl adjacent to an activating group) is 1. The van der Waals surface area contributed by atoms with E-state index in [-0.39, 0.29) is 11.5 Å². The molecule has 0 atom stereocenters. The summed E-state index contributed by atoms with van der Waals surface area (Å²) in [5, 5.41) is 25.8. The third kappa shape index (κ3) is 3.64. The number of nitrogens with zero attached hydrogens (tertiary/aromatic N) is 4. The Hall–Kier alpha value is -2.93. The molecular weight excluding hydrogens is 340 g/mol. The predicted octanol–water partition coefficient (Wildman–Crippen LogP) is 3.09. The van der Waals surface area contributed by atoms with Gasteiger partial charge in [-0.1, -0.05) is 6.07 Å². The maximum absolute atomic E-state index is 10.1. The highest BCUT2D eigenvalue weighted by molar-refractivity contribution is 6.20. The molecule has 0 unspecified atom stereocenters. The van der Waals surface area contributed by atoms with Gasteiger partial charge in [0.2, 0.25) is 0 Å². The van der Waals surface area contributed by atoms with Gasteiger partial charge in [0.1, 0.15) is 17.2 Å². The molecular formula is C20H25N6O+. The van der Waals surface area contributed by atoms with Gasteiger partial charge in [-0.25, -0.2) is 9.51 Å². The van der Waals surface area contributed by atoms with Crippen LogP contribution in [-0.4, -0.2) is 63.9 Å². The van der Waals surface area contributed by atoms with E-state index in [1.54, 1.807) is 16.7 Å². The molecule has 1 saturated heterocycles. The van der Waals surface area contributed by atoms with E-state index in [4.69, 9.17) is 5.41 Å². The minimum absolute atomic E-state index is 0.00105. The van der Waals surface area contributed by atoms with Gasteiger partial charge in [0, 0.05) is 25.1 Å². The van der Waals surface area contributed by atoms with E-state index >= 15 is 0 Å². The van der Waals surface area contributed by atoms with Crippen LogP contribution in [0.4, 0.5) is 11.5 Å². The fourth-order valence-corrected chi connectivity index (χ4v) is 3.72. The zero-order valence-electron chi connectivity index (χ0n) is 15.5. The first-order valence-corrected chi connectivity index (χ1v) is 9.35. The lowest BCUT2D eigenvalue weighted by molar-refractivity contribution is -0.895. The van der Waals surface area contributed by atoms with E-state index < -0.39 is 0 Å². The Morgan fingerprint density at radius 1 is 1.30 bits per heavy atom. The maximum Gasteiger partial charge on any atom is 0.175 e. The molecule has 3 heterocycles. The van der Waals surface area contributed by atoms with Crippen LogP contribution in [0.15, 0.2) is 53.4 Å². The van der Waals surface area contributed by atoms with Crippen LogP contribution in [0.25, 0.3) is 5.52 Å². The number of likely N-dealkylation sites (tertiary alicyclic amines) is 1. The zero-order valence-corrected chi connectivity index (χ0v) is 15.5. The Labute approximate surface area is 158 Å². The normalized spacial score (nSPS) is 20.4. The summed E-state index contributed by atoms with van der Waals surface area (Å²) in [6.07, 6.45) is 9.17. The lowest BCUT2D eigenvalue weighted by Gasteiger charge is -2.29. The number of aliphatic hydroxyl groups is 1. The van der Waals surface area contributed by atoms with Gasteiger partial charge in [0.15, 0.2) is 5.82 Å². The Morgan fingerprint density at radius 2 is 2.11 bits per heavy atom. The standard InChI is InChI=1S/C20H24N6O/c1-26(11-4-5-12-26)13-9-22-20-19(17-6-2-3-10-25(17)24-20)23-16-8-7-15(21)14-18(16)27/h2-3,6-8,10,14H,4-5,9,11-13H2,1H3,(H2-,21,22,24,27)/p+1/b23-16+. The average Bonchev–Trinajstić information content (AvgIpc) is 3.22. The highest BCUT2D eigenvalue weighted by Crippen LogP contribution is 2.31. The first-order valence-electron chi connectivity index (χ1n) is 9.35. The molecule has 2 aliphatic rings. The van der Waals surface area contributed by atoms with Gasteiger partial charge >= 0.3 is 0 Å². The number of pyridine rings is 1. The highest BCUT2D eigenvalue weighted by atomic mass is 16.3. The van der Waals surface area contributed by atoms with Crippen molar-refractivity contribution in [2.75, 3.05) is 38.5 Å². The van der Waals surface area contributed by atoms with Crippen LogP contribution in [-0.2, 0) is 0 Å². The van der Waals surface area contributed by atoms with Gasteiger partial charge in [-0.15, -0.1) is 5.10 Å². The van der Waals surface area contributed by atoms with Crippen molar-refractivity contribution in [3.05, 3.63) is 48.4 Å². The number of nitrogens with one attached hydrogen (secondary N) is 2. The molecule has 0 saturated carbocycles. The minimum atomic E-state index is -0.00105. The molecule has 3 N–H and O–H groups in total. The lowest BCUT2D eigenvalue weighted by Crippen LogP contribution is -2.44. The van der Waals surface area contributed by atoms with Crippen molar-refractivity contribution in [1.29, 1.82) is 5.41 Å². The second-order valence-electron chi connectivity index (χ2n) is 7.47. The number of allylic oxidation sites excluding steroid dienone is 3. The molecule has 140 valence electrons. The smallest absolute Gasteiger partial charge is 0.175 e. The molecule has 27 heavy (non-hydrogen) atoms. The maximum atomic E-state index is 10.1. The number of hydrogen-bond donors (Lipinski definition) is 3. The van der Waals surface area contributed by atoms with Gasteiger partial charge in [-0.05, 0) is 24.3 Å². The fourth-order valence-electron chi connectivity index (χ4n) is 3.72. The van der Waals surface area contributed by atoms with Crippen molar-refractivity contribution < 1.29 is 9.59 Å². The second kappa shape index (κ2) is 7.00. The lowest BCUT2D eigenvalue weighted by atomic mass is 10.1. The van der Waals surface area contributed by atoms with E-state index in [0.717, 1.165) is 23.1 Å².